The van der Waals surface area contributed by atoms with Gasteiger partial charge in [-0.05, 0) is 30.7 Å². The quantitative estimate of drug-likeness (QED) is 0.936. The van der Waals surface area contributed by atoms with E-state index in [4.69, 9.17) is 0 Å². The van der Waals surface area contributed by atoms with Crippen molar-refractivity contribution in [3.8, 4) is 0 Å². The molecule has 0 radical (unpaired) electrons. The molecule has 2 amide bonds. The Morgan fingerprint density at radius 1 is 1.17 bits per heavy atom. The van der Waals surface area contributed by atoms with Crippen molar-refractivity contribution < 1.29 is 9.59 Å². The summed E-state index contributed by atoms with van der Waals surface area (Å²) in [6.07, 6.45) is 0.277. The molecule has 118 valence electrons. The second-order valence-corrected chi connectivity index (χ2v) is 6.43. The number of carbonyl (C=O) groups excluding carboxylic acids is 2. The SMILES string of the molecule is Cc1ccccc1NC(=O)CCN1C(=O)CSc2ccccc21. The van der Waals surface area contributed by atoms with Gasteiger partial charge in [0.25, 0.3) is 0 Å². The van der Waals surface area contributed by atoms with Crippen molar-refractivity contribution in [1.82, 2.24) is 0 Å². The molecule has 2 aromatic carbocycles. The first-order valence-corrected chi connectivity index (χ1v) is 8.51. The molecule has 0 aromatic heterocycles. The third-order valence-electron chi connectivity index (χ3n) is 3.79. The van der Waals surface area contributed by atoms with E-state index in [9.17, 15) is 9.59 Å². The first kappa shape index (κ1) is 15.6. The van der Waals surface area contributed by atoms with Gasteiger partial charge in [0.2, 0.25) is 11.8 Å². The third-order valence-corrected chi connectivity index (χ3v) is 4.84. The van der Waals surface area contributed by atoms with E-state index in [-0.39, 0.29) is 18.2 Å². The zero-order valence-corrected chi connectivity index (χ0v) is 13.7. The summed E-state index contributed by atoms with van der Waals surface area (Å²) in [5, 5.41) is 2.91. The van der Waals surface area contributed by atoms with Crippen molar-refractivity contribution in [2.45, 2.75) is 18.2 Å². The molecule has 1 aliphatic rings. The van der Waals surface area contributed by atoms with Gasteiger partial charge in [-0.15, -0.1) is 11.8 Å². The minimum absolute atomic E-state index is 0.0531. The summed E-state index contributed by atoms with van der Waals surface area (Å²) in [5.74, 6) is 0.399. The number of carbonyl (C=O) groups is 2. The largest absolute Gasteiger partial charge is 0.326 e. The number of hydrogen-bond donors (Lipinski definition) is 1. The van der Waals surface area contributed by atoms with E-state index < -0.39 is 0 Å². The summed E-state index contributed by atoms with van der Waals surface area (Å²) in [4.78, 5) is 27.1. The van der Waals surface area contributed by atoms with Gasteiger partial charge < -0.3 is 10.2 Å². The summed E-state index contributed by atoms with van der Waals surface area (Å²) < 4.78 is 0. The fraction of sp³-hybridized carbons (Fsp3) is 0.222. The van der Waals surface area contributed by atoms with Gasteiger partial charge in [0.15, 0.2) is 0 Å². The van der Waals surface area contributed by atoms with Crippen LogP contribution in [-0.2, 0) is 9.59 Å². The van der Waals surface area contributed by atoms with Crippen LogP contribution in [0.5, 0.6) is 0 Å². The van der Waals surface area contributed by atoms with Crippen LogP contribution in [-0.4, -0.2) is 24.1 Å². The fourth-order valence-electron chi connectivity index (χ4n) is 2.54. The number of fused-ring (bicyclic) bond motifs is 1. The molecular formula is C18H18N2O2S. The Morgan fingerprint density at radius 2 is 1.91 bits per heavy atom. The van der Waals surface area contributed by atoms with E-state index in [1.165, 1.54) is 0 Å². The maximum absolute atomic E-state index is 12.2. The van der Waals surface area contributed by atoms with Crippen molar-refractivity contribution in [3.63, 3.8) is 0 Å². The summed E-state index contributed by atoms with van der Waals surface area (Å²) in [6, 6.07) is 15.5. The molecule has 0 bridgehead atoms. The molecule has 1 aliphatic heterocycles. The molecule has 0 spiro atoms. The number of anilines is 2. The van der Waals surface area contributed by atoms with Gasteiger partial charge in [0.1, 0.15) is 0 Å². The molecule has 0 aliphatic carbocycles. The van der Waals surface area contributed by atoms with Crippen LogP contribution in [0.15, 0.2) is 53.4 Å². The second kappa shape index (κ2) is 6.87. The molecule has 0 saturated carbocycles. The van der Waals surface area contributed by atoms with Gasteiger partial charge in [-0.1, -0.05) is 30.3 Å². The van der Waals surface area contributed by atoms with Gasteiger partial charge in [-0.2, -0.15) is 0 Å². The van der Waals surface area contributed by atoms with Crippen LogP contribution >= 0.6 is 11.8 Å². The molecular weight excluding hydrogens is 308 g/mol. The lowest BCUT2D eigenvalue weighted by Gasteiger charge is -2.28. The molecule has 1 N–H and O–H groups in total. The summed E-state index contributed by atoms with van der Waals surface area (Å²) >= 11 is 1.55. The Bertz CT molecular complexity index is 745. The maximum Gasteiger partial charge on any atom is 0.237 e. The molecule has 0 saturated heterocycles. The third kappa shape index (κ3) is 3.56. The van der Waals surface area contributed by atoms with Gasteiger partial charge >= 0.3 is 0 Å². The van der Waals surface area contributed by atoms with Gasteiger partial charge in [-0.3, -0.25) is 9.59 Å². The fourth-order valence-corrected chi connectivity index (χ4v) is 3.47. The number of aryl methyl sites for hydroxylation is 1. The van der Waals surface area contributed by atoms with Gasteiger partial charge in [0, 0.05) is 23.5 Å². The summed E-state index contributed by atoms with van der Waals surface area (Å²) in [7, 11) is 0. The van der Waals surface area contributed by atoms with E-state index in [0.717, 1.165) is 21.8 Å². The lowest BCUT2D eigenvalue weighted by molar-refractivity contribution is -0.117. The standard InChI is InChI=1S/C18H18N2O2S/c1-13-6-2-3-7-14(13)19-17(21)10-11-20-15-8-4-5-9-16(15)23-12-18(20)22/h2-9H,10-12H2,1H3,(H,19,21). The predicted molar refractivity (Wildman–Crippen MR) is 93.9 cm³/mol. The average Bonchev–Trinajstić information content (AvgIpc) is 2.56. The van der Waals surface area contributed by atoms with Crippen LogP contribution < -0.4 is 10.2 Å². The topological polar surface area (TPSA) is 49.4 Å². The number of thioether (sulfide) groups is 1. The minimum Gasteiger partial charge on any atom is -0.326 e. The van der Waals surface area contributed by atoms with Crippen molar-refractivity contribution in [1.29, 1.82) is 0 Å². The average molecular weight is 326 g/mol. The maximum atomic E-state index is 12.2. The number of amides is 2. The van der Waals surface area contributed by atoms with Crippen LogP contribution in [0.3, 0.4) is 0 Å². The number of para-hydroxylation sites is 2. The van der Waals surface area contributed by atoms with E-state index in [1.54, 1.807) is 16.7 Å². The number of nitrogens with zero attached hydrogens (tertiary/aromatic N) is 1. The van der Waals surface area contributed by atoms with Crippen LogP contribution in [0.25, 0.3) is 0 Å². The van der Waals surface area contributed by atoms with Crippen LogP contribution in [0.2, 0.25) is 0 Å². The first-order chi connectivity index (χ1) is 11.1. The monoisotopic (exact) mass is 326 g/mol. The Kier molecular flexibility index (Phi) is 4.67. The number of rotatable bonds is 4. The lowest BCUT2D eigenvalue weighted by atomic mass is 10.2. The van der Waals surface area contributed by atoms with Crippen LogP contribution in [0, 0.1) is 6.92 Å². The molecule has 0 fully saturated rings. The summed E-state index contributed by atoms with van der Waals surface area (Å²) in [5.41, 5.74) is 2.74. The van der Waals surface area contributed by atoms with Crippen LogP contribution in [0.4, 0.5) is 11.4 Å². The van der Waals surface area contributed by atoms with Crippen molar-refractivity contribution in [2.75, 3.05) is 22.5 Å². The molecule has 0 atom stereocenters. The first-order valence-electron chi connectivity index (χ1n) is 7.53. The molecule has 23 heavy (non-hydrogen) atoms. The van der Waals surface area contributed by atoms with Crippen molar-refractivity contribution in [3.05, 3.63) is 54.1 Å². The Labute approximate surface area is 139 Å². The molecule has 5 heteroatoms. The number of hydrogen-bond acceptors (Lipinski definition) is 3. The minimum atomic E-state index is -0.0807. The highest BCUT2D eigenvalue weighted by molar-refractivity contribution is 8.00. The number of benzene rings is 2. The van der Waals surface area contributed by atoms with Gasteiger partial charge in [-0.25, -0.2) is 0 Å². The molecule has 3 rings (SSSR count). The Balaban J connectivity index is 1.65. The molecule has 2 aromatic rings. The van der Waals surface area contributed by atoms with Crippen LogP contribution in [0.1, 0.15) is 12.0 Å². The van der Waals surface area contributed by atoms with E-state index in [0.29, 0.717) is 12.3 Å². The molecule has 4 nitrogen and oxygen atoms in total. The normalized spacial score (nSPS) is 13.6. The predicted octanol–water partition coefficient (Wildman–Crippen LogP) is 3.46. The number of nitrogens with one attached hydrogen (secondary N) is 1. The Hall–Kier alpha value is -2.27. The highest BCUT2D eigenvalue weighted by Gasteiger charge is 2.24. The van der Waals surface area contributed by atoms with Gasteiger partial charge in [0.05, 0.1) is 11.4 Å². The molecule has 0 unspecified atom stereocenters. The van der Waals surface area contributed by atoms with E-state index in [2.05, 4.69) is 5.32 Å². The smallest absolute Gasteiger partial charge is 0.237 e. The Morgan fingerprint density at radius 3 is 2.74 bits per heavy atom. The molecule has 1 heterocycles. The second-order valence-electron chi connectivity index (χ2n) is 5.41. The van der Waals surface area contributed by atoms with E-state index >= 15 is 0 Å². The lowest BCUT2D eigenvalue weighted by Crippen LogP contribution is -2.37. The highest BCUT2D eigenvalue weighted by atomic mass is 32.2. The summed E-state index contributed by atoms with van der Waals surface area (Å²) in [6.45, 7) is 2.35. The zero-order chi connectivity index (χ0) is 16.2. The zero-order valence-electron chi connectivity index (χ0n) is 12.9. The highest BCUT2D eigenvalue weighted by Crippen LogP contribution is 2.34. The van der Waals surface area contributed by atoms with E-state index in [1.807, 2.05) is 55.5 Å². The van der Waals surface area contributed by atoms with Crippen molar-refractivity contribution in [2.24, 2.45) is 0 Å². The van der Waals surface area contributed by atoms with Crippen molar-refractivity contribution >= 4 is 35.0 Å².